The third-order valence-corrected chi connectivity index (χ3v) is 5.44. The van der Waals surface area contributed by atoms with Gasteiger partial charge in [-0.1, -0.05) is 30.3 Å². The average Bonchev–Trinajstić information content (AvgIpc) is 3.32. The van der Waals surface area contributed by atoms with E-state index in [1.165, 1.54) is 0 Å². The van der Waals surface area contributed by atoms with E-state index in [4.69, 9.17) is 10.4 Å². The van der Waals surface area contributed by atoms with Gasteiger partial charge >= 0.3 is 0 Å². The number of likely N-dealkylation sites (tertiary alicyclic amines) is 1. The maximum Gasteiger partial charge on any atom is 0.237 e. The van der Waals surface area contributed by atoms with Crippen molar-refractivity contribution < 1.29 is 4.79 Å². The summed E-state index contributed by atoms with van der Waals surface area (Å²) in [7, 11) is 0. The molecule has 148 valence electrons. The Balaban J connectivity index is 1.54. The van der Waals surface area contributed by atoms with E-state index in [1.54, 1.807) is 4.90 Å². The number of aryl methyl sites for hydroxylation is 2. The van der Waals surface area contributed by atoms with Crippen molar-refractivity contribution in [3.63, 3.8) is 0 Å². The molecule has 1 aliphatic heterocycles. The van der Waals surface area contributed by atoms with Gasteiger partial charge in [0.15, 0.2) is 0 Å². The van der Waals surface area contributed by atoms with E-state index in [-0.39, 0.29) is 24.0 Å². The number of nitriles is 1. The molecule has 2 aromatic rings. The molecule has 0 unspecified atom stereocenters. The fourth-order valence-electron chi connectivity index (χ4n) is 3.58. The summed E-state index contributed by atoms with van der Waals surface area (Å²) < 4.78 is 2.03. The SMILES string of the molecule is Cc1cc(-c2ccccc2)nn1CCC(C)(C)NCC(=O)N1CCC[C@H]1C#N. The second kappa shape index (κ2) is 8.57. The van der Waals surface area contributed by atoms with Crippen LogP contribution in [0.15, 0.2) is 36.4 Å². The van der Waals surface area contributed by atoms with Crippen molar-refractivity contribution in [1.82, 2.24) is 20.0 Å². The second-order valence-electron chi connectivity index (χ2n) is 8.12. The smallest absolute Gasteiger partial charge is 0.237 e. The van der Waals surface area contributed by atoms with E-state index in [2.05, 4.69) is 50.4 Å². The maximum absolute atomic E-state index is 12.4. The van der Waals surface area contributed by atoms with Crippen molar-refractivity contribution in [1.29, 1.82) is 5.26 Å². The molecule has 0 aliphatic carbocycles. The molecule has 1 aromatic heterocycles. The number of amides is 1. The molecule has 1 fully saturated rings. The van der Waals surface area contributed by atoms with Crippen LogP contribution in [0.1, 0.15) is 38.8 Å². The number of hydrogen-bond acceptors (Lipinski definition) is 4. The number of nitrogens with zero attached hydrogens (tertiary/aromatic N) is 4. The fourth-order valence-corrected chi connectivity index (χ4v) is 3.58. The highest BCUT2D eigenvalue weighted by Crippen LogP contribution is 2.20. The summed E-state index contributed by atoms with van der Waals surface area (Å²) >= 11 is 0. The molecule has 6 heteroatoms. The van der Waals surface area contributed by atoms with Gasteiger partial charge < -0.3 is 10.2 Å². The number of carbonyl (C=O) groups is 1. The molecule has 1 aliphatic rings. The average molecular weight is 380 g/mol. The third-order valence-electron chi connectivity index (χ3n) is 5.44. The Morgan fingerprint density at radius 2 is 2.11 bits per heavy atom. The van der Waals surface area contributed by atoms with Crippen molar-refractivity contribution in [2.75, 3.05) is 13.1 Å². The van der Waals surface area contributed by atoms with Crippen LogP contribution < -0.4 is 5.32 Å². The van der Waals surface area contributed by atoms with Crippen LogP contribution in [0.25, 0.3) is 11.3 Å². The summed E-state index contributed by atoms with van der Waals surface area (Å²) in [6.45, 7) is 7.99. The van der Waals surface area contributed by atoms with Crippen LogP contribution in [-0.2, 0) is 11.3 Å². The molecular weight excluding hydrogens is 350 g/mol. The van der Waals surface area contributed by atoms with Gasteiger partial charge in [0.1, 0.15) is 6.04 Å². The van der Waals surface area contributed by atoms with E-state index in [0.29, 0.717) is 6.54 Å². The Kier molecular flexibility index (Phi) is 6.15. The highest BCUT2D eigenvalue weighted by Gasteiger charge is 2.29. The first-order valence-electron chi connectivity index (χ1n) is 9.93. The van der Waals surface area contributed by atoms with Crippen molar-refractivity contribution in [3.8, 4) is 17.3 Å². The van der Waals surface area contributed by atoms with E-state index >= 15 is 0 Å². The lowest BCUT2D eigenvalue weighted by Gasteiger charge is -2.28. The number of hydrogen-bond donors (Lipinski definition) is 1. The predicted molar refractivity (Wildman–Crippen MR) is 109 cm³/mol. The minimum absolute atomic E-state index is 0.0127. The lowest BCUT2D eigenvalue weighted by atomic mass is 10.0. The van der Waals surface area contributed by atoms with Gasteiger partial charge in [-0.05, 0) is 46.1 Å². The van der Waals surface area contributed by atoms with Crippen molar-refractivity contribution in [3.05, 3.63) is 42.1 Å². The molecule has 28 heavy (non-hydrogen) atoms. The Bertz CT molecular complexity index is 850. The van der Waals surface area contributed by atoms with Gasteiger partial charge in [0.25, 0.3) is 0 Å². The van der Waals surface area contributed by atoms with Gasteiger partial charge in [0, 0.05) is 29.9 Å². The van der Waals surface area contributed by atoms with Crippen LogP contribution in [0.4, 0.5) is 0 Å². The van der Waals surface area contributed by atoms with Crippen LogP contribution in [0.2, 0.25) is 0 Å². The monoisotopic (exact) mass is 379 g/mol. The Labute approximate surface area is 167 Å². The number of benzene rings is 1. The first kappa shape index (κ1) is 20.1. The minimum atomic E-state index is -0.263. The topological polar surface area (TPSA) is 74.0 Å². The molecule has 3 rings (SSSR count). The highest BCUT2D eigenvalue weighted by molar-refractivity contribution is 5.79. The summed E-state index contributed by atoms with van der Waals surface area (Å²) in [5.74, 6) is 0.0127. The largest absolute Gasteiger partial charge is 0.326 e. The molecule has 0 bridgehead atoms. The van der Waals surface area contributed by atoms with Crippen LogP contribution in [0.5, 0.6) is 0 Å². The van der Waals surface area contributed by atoms with Gasteiger partial charge in [-0.3, -0.25) is 9.48 Å². The van der Waals surface area contributed by atoms with Gasteiger partial charge in [0.2, 0.25) is 5.91 Å². The van der Waals surface area contributed by atoms with E-state index < -0.39 is 0 Å². The van der Waals surface area contributed by atoms with Crippen LogP contribution in [-0.4, -0.2) is 45.3 Å². The number of nitrogens with one attached hydrogen (secondary N) is 1. The molecule has 0 saturated carbocycles. The van der Waals surface area contributed by atoms with Gasteiger partial charge in [0.05, 0.1) is 18.3 Å². The lowest BCUT2D eigenvalue weighted by Crippen LogP contribution is -2.48. The molecule has 1 N–H and O–H groups in total. The zero-order valence-electron chi connectivity index (χ0n) is 17.0. The summed E-state index contributed by atoms with van der Waals surface area (Å²) in [6, 6.07) is 14.2. The molecular formula is C22H29N5O. The zero-order valence-corrected chi connectivity index (χ0v) is 17.0. The van der Waals surface area contributed by atoms with Crippen molar-refractivity contribution in [2.45, 2.75) is 58.2 Å². The quantitative estimate of drug-likeness (QED) is 0.802. The molecule has 0 spiro atoms. The number of aromatic nitrogens is 2. The molecule has 1 atom stereocenters. The number of carbonyl (C=O) groups excluding carboxylic acids is 1. The van der Waals surface area contributed by atoms with Crippen molar-refractivity contribution in [2.24, 2.45) is 0 Å². The summed E-state index contributed by atoms with van der Waals surface area (Å²) in [4.78, 5) is 14.1. The van der Waals surface area contributed by atoms with E-state index in [1.807, 2.05) is 22.9 Å². The predicted octanol–water partition coefficient (Wildman–Crippen LogP) is 3.13. The van der Waals surface area contributed by atoms with Gasteiger partial charge in [-0.25, -0.2) is 0 Å². The lowest BCUT2D eigenvalue weighted by molar-refractivity contribution is -0.130. The van der Waals surface area contributed by atoms with Gasteiger partial charge in [-0.2, -0.15) is 10.4 Å². The van der Waals surface area contributed by atoms with Crippen LogP contribution in [0, 0.1) is 18.3 Å². The highest BCUT2D eigenvalue weighted by atomic mass is 16.2. The molecule has 1 aromatic carbocycles. The molecule has 6 nitrogen and oxygen atoms in total. The van der Waals surface area contributed by atoms with E-state index in [0.717, 1.165) is 42.8 Å². The second-order valence-corrected chi connectivity index (χ2v) is 8.12. The van der Waals surface area contributed by atoms with E-state index in [9.17, 15) is 4.79 Å². The Morgan fingerprint density at radius 1 is 1.36 bits per heavy atom. The summed E-state index contributed by atoms with van der Waals surface area (Å²) in [5.41, 5.74) is 3.02. The maximum atomic E-state index is 12.4. The van der Waals surface area contributed by atoms with Crippen molar-refractivity contribution >= 4 is 5.91 Å². The molecule has 1 amide bonds. The third kappa shape index (κ3) is 4.79. The summed E-state index contributed by atoms with van der Waals surface area (Å²) in [5, 5.41) is 17.3. The molecule has 1 saturated heterocycles. The van der Waals surface area contributed by atoms with Gasteiger partial charge in [-0.15, -0.1) is 0 Å². The number of rotatable bonds is 7. The molecule has 2 heterocycles. The standard InChI is InChI=1S/C22H29N5O/c1-17-14-20(18-8-5-4-6-9-18)25-27(17)13-11-22(2,3)24-16-21(28)26-12-7-10-19(26)15-23/h4-6,8-9,14,19,24H,7,10-13,16H2,1-3H3/t19-/m0/s1. The van der Waals surface area contributed by atoms with Crippen LogP contribution >= 0.6 is 0 Å². The fraction of sp³-hybridized carbons (Fsp3) is 0.500. The first-order valence-corrected chi connectivity index (χ1v) is 9.93. The Hall–Kier alpha value is -2.65. The first-order chi connectivity index (χ1) is 13.4. The summed E-state index contributed by atoms with van der Waals surface area (Å²) in [6.07, 6.45) is 2.54. The molecule has 0 radical (unpaired) electrons. The Morgan fingerprint density at radius 3 is 2.82 bits per heavy atom. The normalized spacial score (nSPS) is 16.9. The van der Waals surface area contributed by atoms with Crippen LogP contribution in [0.3, 0.4) is 0 Å². The minimum Gasteiger partial charge on any atom is -0.326 e. The zero-order chi connectivity index (χ0) is 20.1.